The maximum Gasteiger partial charge on any atom is 0.277 e. The van der Waals surface area contributed by atoms with Gasteiger partial charge in [0.05, 0.1) is 0 Å². The molecule has 1 aliphatic rings. The van der Waals surface area contributed by atoms with Crippen molar-refractivity contribution in [2.75, 3.05) is 13.2 Å². The molecule has 0 aromatic carbocycles. The lowest BCUT2D eigenvalue weighted by Gasteiger charge is -2.32. The molecule has 1 rings (SSSR count). The predicted molar refractivity (Wildman–Crippen MR) is 73.2 cm³/mol. The van der Waals surface area contributed by atoms with Crippen LogP contribution in [0.3, 0.4) is 0 Å². The van der Waals surface area contributed by atoms with Crippen LogP contribution in [-0.2, 0) is 14.3 Å². The Morgan fingerprint density at radius 1 is 1.50 bits per heavy atom. The highest BCUT2D eigenvalue weighted by atomic mass is 32.2. The van der Waals surface area contributed by atoms with E-state index in [1.54, 1.807) is 25.2 Å². The molecule has 3 unspecified atom stereocenters. The Kier molecular flexibility index (Phi) is 4.73. The van der Waals surface area contributed by atoms with Gasteiger partial charge in [0, 0.05) is 11.8 Å². The third kappa shape index (κ3) is 2.92. The van der Waals surface area contributed by atoms with Crippen molar-refractivity contribution in [3.8, 4) is 0 Å². The van der Waals surface area contributed by atoms with E-state index in [2.05, 4.69) is 0 Å². The van der Waals surface area contributed by atoms with Crippen LogP contribution in [0.15, 0.2) is 24.3 Å². The third-order valence-corrected chi connectivity index (χ3v) is 5.70. The third-order valence-electron chi connectivity index (χ3n) is 3.69. The fourth-order valence-electron chi connectivity index (χ4n) is 1.62. The maximum absolute atomic E-state index is 12.3. The van der Waals surface area contributed by atoms with Gasteiger partial charge in [-0.05, 0) is 12.8 Å². The number of nitro groups is 1. The van der Waals surface area contributed by atoms with Crippen LogP contribution < -0.4 is 0 Å². The molecule has 0 aromatic heterocycles. The van der Waals surface area contributed by atoms with Gasteiger partial charge >= 0.3 is 0 Å². The van der Waals surface area contributed by atoms with Crippen molar-refractivity contribution >= 4 is 10.1 Å². The molecule has 0 amide bonds. The van der Waals surface area contributed by atoms with Gasteiger partial charge in [-0.25, -0.2) is 0 Å². The lowest BCUT2D eigenvalue weighted by Crippen LogP contribution is -2.47. The summed E-state index contributed by atoms with van der Waals surface area (Å²) >= 11 is 0. The van der Waals surface area contributed by atoms with Crippen LogP contribution in [-0.4, -0.2) is 41.9 Å². The highest BCUT2D eigenvalue weighted by Crippen LogP contribution is 2.33. The van der Waals surface area contributed by atoms with E-state index in [9.17, 15) is 18.5 Å². The van der Waals surface area contributed by atoms with Crippen molar-refractivity contribution in [2.24, 2.45) is 5.92 Å². The molecule has 0 bridgehead atoms. The molecular weight excluding hydrogens is 286 g/mol. The van der Waals surface area contributed by atoms with Gasteiger partial charge in [0.2, 0.25) is 0 Å². The van der Waals surface area contributed by atoms with E-state index in [1.165, 1.54) is 13.0 Å². The van der Waals surface area contributed by atoms with Crippen molar-refractivity contribution in [3.05, 3.63) is 34.4 Å². The summed E-state index contributed by atoms with van der Waals surface area (Å²) < 4.78 is 28.1. The molecule has 0 radical (unpaired) electrons. The van der Waals surface area contributed by atoms with E-state index in [-0.39, 0.29) is 5.92 Å². The molecule has 0 fully saturated rings. The van der Waals surface area contributed by atoms with Gasteiger partial charge in [0.15, 0.2) is 0 Å². The van der Waals surface area contributed by atoms with Crippen LogP contribution in [0.2, 0.25) is 0 Å². The largest absolute Gasteiger partial charge is 0.389 e. The fourth-order valence-corrected chi connectivity index (χ4v) is 3.06. The van der Waals surface area contributed by atoms with Gasteiger partial charge in [-0.2, -0.15) is 8.42 Å². The van der Waals surface area contributed by atoms with Crippen molar-refractivity contribution in [2.45, 2.75) is 31.1 Å². The Balaban J connectivity index is 2.94. The Hall–Kier alpha value is -1.25. The lowest BCUT2D eigenvalue weighted by molar-refractivity contribution is -0.571. The summed E-state index contributed by atoms with van der Waals surface area (Å²) in [5.74, 6) is -0.325. The predicted octanol–water partition coefficient (Wildman–Crippen LogP) is 0.881. The first-order valence-electron chi connectivity index (χ1n) is 6.09. The zero-order chi connectivity index (χ0) is 15.6. The van der Waals surface area contributed by atoms with Crippen LogP contribution >= 0.6 is 0 Å². The van der Waals surface area contributed by atoms with Crippen LogP contribution in [0.5, 0.6) is 0 Å². The minimum absolute atomic E-state index is 0.325. The second-order valence-electron chi connectivity index (χ2n) is 5.35. The van der Waals surface area contributed by atoms with E-state index >= 15 is 0 Å². The number of aliphatic hydroxyl groups is 1. The Bertz CT molecular complexity index is 540. The Morgan fingerprint density at radius 2 is 2.10 bits per heavy atom. The average molecular weight is 305 g/mol. The molecule has 3 atom stereocenters. The topological polar surface area (TPSA) is 107 Å². The molecule has 0 spiro atoms. The molecule has 8 heteroatoms. The van der Waals surface area contributed by atoms with Crippen molar-refractivity contribution in [1.82, 2.24) is 0 Å². The number of hydrogen-bond donors (Lipinski definition) is 1. The van der Waals surface area contributed by atoms with Gasteiger partial charge in [-0.3, -0.25) is 14.3 Å². The first-order chi connectivity index (χ1) is 9.09. The first-order valence-corrected chi connectivity index (χ1v) is 7.50. The molecular formula is C12H19NO6S. The van der Waals surface area contributed by atoms with Gasteiger partial charge < -0.3 is 5.11 Å². The van der Waals surface area contributed by atoms with E-state index in [0.29, 0.717) is 0 Å². The number of nitrogens with zero attached hydrogens (tertiary/aromatic N) is 1. The van der Waals surface area contributed by atoms with Crippen LogP contribution in [0.1, 0.15) is 20.8 Å². The van der Waals surface area contributed by atoms with Crippen molar-refractivity contribution in [1.29, 1.82) is 0 Å². The standard InChI is InChI=1S/C12H19NO6S/c1-10-6-4-5-7-12(10,3)20(17,18)19-9-11(2,8-14)13(15)16/h4-7,10,14H,8-9H2,1-3H3. The summed E-state index contributed by atoms with van der Waals surface area (Å²) in [4.78, 5) is 10.1. The SMILES string of the molecule is CC1C=CC=CC1(C)S(=O)(=O)OCC(C)(CO)[N+](=O)[O-]. The lowest BCUT2D eigenvalue weighted by atomic mass is 9.91. The van der Waals surface area contributed by atoms with E-state index in [1.807, 2.05) is 0 Å². The zero-order valence-electron chi connectivity index (χ0n) is 11.6. The van der Waals surface area contributed by atoms with E-state index in [4.69, 9.17) is 9.29 Å². The summed E-state index contributed by atoms with van der Waals surface area (Å²) in [5, 5.41) is 19.9. The molecule has 7 nitrogen and oxygen atoms in total. The van der Waals surface area contributed by atoms with Gasteiger partial charge in [0.1, 0.15) is 18.0 Å². The van der Waals surface area contributed by atoms with E-state index in [0.717, 1.165) is 6.92 Å². The van der Waals surface area contributed by atoms with Gasteiger partial charge in [0.25, 0.3) is 15.7 Å². The van der Waals surface area contributed by atoms with Gasteiger partial charge in [-0.1, -0.05) is 31.2 Å². The Morgan fingerprint density at radius 3 is 2.55 bits per heavy atom. The number of hydrogen-bond acceptors (Lipinski definition) is 6. The zero-order valence-corrected chi connectivity index (χ0v) is 12.5. The molecule has 0 heterocycles. The molecule has 20 heavy (non-hydrogen) atoms. The molecule has 1 N–H and O–H groups in total. The quantitative estimate of drug-likeness (QED) is 0.443. The minimum Gasteiger partial charge on any atom is -0.389 e. The van der Waals surface area contributed by atoms with Gasteiger partial charge in [-0.15, -0.1) is 0 Å². The molecule has 0 aliphatic heterocycles. The average Bonchev–Trinajstić information content (AvgIpc) is 2.39. The monoisotopic (exact) mass is 305 g/mol. The second kappa shape index (κ2) is 5.63. The Labute approximate surface area is 118 Å². The number of aliphatic hydroxyl groups excluding tert-OH is 1. The van der Waals surface area contributed by atoms with E-state index < -0.39 is 38.5 Å². The summed E-state index contributed by atoms with van der Waals surface area (Å²) in [7, 11) is -4.06. The minimum atomic E-state index is -4.06. The molecule has 1 aliphatic carbocycles. The first kappa shape index (κ1) is 16.8. The fraction of sp³-hybridized carbons (Fsp3) is 0.667. The second-order valence-corrected chi connectivity index (χ2v) is 7.37. The molecule has 0 saturated carbocycles. The van der Waals surface area contributed by atoms with Crippen LogP contribution in [0.25, 0.3) is 0 Å². The molecule has 0 aromatic rings. The van der Waals surface area contributed by atoms with Crippen molar-refractivity contribution < 1.29 is 22.6 Å². The summed E-state index contributed by atoms with van der Waals surface area (Å²) in [6.07, 6.45) is 6.55. The smallest absolute Gasteiger partial charge is 0.277 e. The highest BCUT2D eigenvalue weighted by molar-refractivity contribution is 7.88. The summed E-state index contributed by atoms with van der Waals surface area (Å²) in [5.41, 5.74) is -1.85. The summed E-state index contributed by atoms with van der Waals surface area (Å²) in [6, 6.07) is 0. The van der Waals surface area contributed by atoms with Crippen molar-refractivity contribution in [3.63, 3.8) is 0 Å². The number of rotatable bonds is 6. The highest BCUT2D eigenvalue weighted by Gasteiger charge is 2.46. The normalized spacial score (nSPS) is 29.1. The van der Waals surface area contributed by atoms with Crippen LogP contribution in [0.4, 0.5) is 0 Å². The summed E-state index contributed by atoms with van der Waals surface area (Å²) in [6.45, 7) is 2.83. The van der Waals surface area contributed by atoms with Crippen LogP contribution in [0, 0.1) is 16.0 Å². The maximum atomic E-state index is 12.3. The molecule has 0 saturated heterocycles. The number of allylic oxidation sites excluding steroid dienone is 3. The molecule has 114 valence electrons.